The van der Waals surface area contributed by atoms with Gasteiger partial charge in [-0.2, -0.15) is 11.8 Å². The first-order chi connectivity index (χ1) is 16.1. The summed E-state index contributed by atoms with van der Waals surface area (Å²) in [5.74, 6) is 2.10. The number of fused-ring (bicyclic) bond motifs is 1. The van der Waals surface area contributed by atoms with E-state index >= 15 is 0 Å². The molecule has 7 heteroatoms. The average molecular weight is 469 g/mol. The zero-order chi connectivity index (χ0) is 23.2. The minimum atomic E-state index is -0.550. The van der Waals surface area contributed by atoms with E-state index in [-0.39, 0.29) is 17.9 Å². The molecule has 1 N–H and O–H groups in total. The van der Waals surface area contributed by atoms with Gasteiger partial charge in [0.1, 0.15) is 6.04 Å². The predicted octanol–water partition coefficient (Wildman–Crippen LogP) is 4.37. The van der Waals surface area contributed by atoms with Gasteiger partial charge in [0, 0.05) is 18.5 Å². The van der Waals surface area contributed by atoms with Crippen molar-refractivity contribution in [2.45, 2.75) is 44.7 Å². The summed E-state index contributed by atoms with van der Waals surface area (Å²) in [5, 5.41) is 3.03. The lowest BCUT2D eigenvalue weighted by Gasteiger charge is -2.30. The van der Waals surface area contributed by atoms with Crippen LogP contribution in [0.25, 0.3) is 0 Å². The lowest BCUT2D eigenvalue weighted by molar-refractivity contribution is -0.134. The van der Waals surface area contributed by atoms with Gasteiger partial charge < -0.3 is 19.7 Å². The Bertz CT molecular complexity index is 996. The van der Waals surface area contributed by atoms with Gasteiger partial charge in [-0.1, -0.05) is 24.3 Å². The molecule has 176 valence electrons. The van der Waals surface area contributed by atoms with Crippen LogP contribution in [0, 0.1) is 6.92 Å². The number of aryl methyl sites for hydroxylation is 1. The van der Waals surface area contributed by atoms with E-state index in [9.17, 15) is 9.59 Å². The van der Waals surface area contributed by atoms with Gasteiger partial charge in [-0.05, 0) is 67.5 Å². The highest BCUT2D eigenvalue weighted by atomic mass is 32.2. The van der Waals surface area contributed by atoms with Crippen LogP contribution >= 0.6 is 11.8 Å². The molecule has 2 aliphatic rings. The Morgan fingerprint density at radius 1 is 1.12 bits per heavy atom. The molecule has 0 radical (unpaired) electrons. The first kappa shape index (κ1) is 23.5. The summed E-state index contributed by atoms with van der Waals surface area (Å²) in [4.78, 5) is 28.6. The summed E-state index contributed by atoms with van der Waals surface area (Å²) in [6.45, 7) is 3.88. The van der Waals surface area contributed by atoms with E-state index in [1.807, 2.05) is 54.5 Å². The summed E-state index contributed by atoms with van der Waals surface area (Å²) < 4.78 is 11.6. The molecule has 2 aromatic rings. The third-order valence-corrected chi connectivity index (χ3v) is 6.94. The Hall–Kier alpha value is -2.67. The lowest BCUT2D eigenvalue weighted by atomic mass is 10.0. The van der Waals surface area contributed by atoms with Gasteiger partial charge in [0.05, 0.1) is 19.3 Å². The Morgan fingerprint density at radius 3 is 2.70 bits per heavy atom. The van der Waals surface area contributed by atoms with E-state index in [0.717, 1.165) is 47.6 Å². The number of nitrogens with one attached hydrogen (secondary N) is 1. The molecule has 0 unspecified atom stereocenters. The maximum absolute atomic E-state index is 13.7. The number of hydrogen-bond acceptors (Lipinski definition) is 5. The second-order valence-electron chi connectivity index (χ2n) is 8.57. The van der Waals surface area contributed by atoms with Crippen LogP contribution in [0.4, 0.5) is 0 Å². The van der Waals surface area contributed by atoms with Crippen molar-refractivity contribution in [1.82, 2.24) is 10.2 Å². The largest absolute Gasteiger partial charge is 0.490 e. The number of likely N-dealkylation sites (tertiary alicyclic amines) is 1. The second-order valence-corrected chi connectivity index (χ2v) is 9.55. The van der Waals surface area contributed by atoms with Crippen molar-refractivity contribution >= 4 is 23.6 Å². The highest BCUT2D eigenvalue weighted by Gasteiger charge is 2.35. The van der Waals surface area contributed by atoms with Crippen LogP contribution in [0.5, 0.6) is 11.5 Å². The van der Waals surface area contributed by atoms with Crippen molar-refractivity contribution in [3.8, 4) is 11.5 Å². The molecule has 0 aliphatic carbocycles. The van der Waals surface area contributed by atoms with Gasteiger partial charge in [-0.25, -0.2) is 0 Å². The van der Waals surface area contributed by atoms with Crippen LogP contribution in [0.3, 0.4) is 0 Å². The third kappa shape index (κ3) is 5.46. The van der Waals surface area contributed by atoms with Crippen molar-refractivity contribution in [2.75, 3.05) is 31.8 Å². The van der Waals surface area contributed by atoms with E-state index in [1.165, 1.54) is 0 Å². The molecule has 2 heterocycles. The van der Waals surface area contributed by atoms with Crippen LogP contribution in [0.1, 0.15) is 53.2 Å². The molecular formula is C26H32N2O4S. The number of benzene rings is 2. The Labute approximate surface area is 200 Å². The van der Waals surface area contributed by atoms with E-state index < -0.39 is 6.04 Å². The molecule has 4 rings (SSSR count). The summed E-state index contributed by atoms with van der Waals surface area (Å²) in [7, 11) is 0. The number of carbonyl (C=O) groups is 2. The van der Waals surface area contributed by atoms with Crippen molar-refractivity contribution in [1.29, 1.82) is 0 Å². The average Bonchev–Trinajstić information content (AvgIpc) is 3.20. The SMILES string of the molecule is CSCC[C@@H](NC(=O)c1ccccc1C)C(=O)N1CCC[C@@H]1c1ccc2c(c1)OCCCO2. The fraction of sp³-hybridized carbons (Fsp3) is 0.462. The molecule has 0 aromatic heterocycles. The van der Waals surface area contributed by atoms with Gasteiger partial charge in [0.2, 0.25) is 5.91 Å². The number of nitrogens with zero attached hydrogens (tertiary/aromatic N) is 1. The Balaban J connectivity index is 1.53. The highest BCUT2D eigenvalue weighted by molar-refractivity contribution is 7.98. The summed E-state index contributed by atoms with van der Waals surface area (Å²) in [6, 6.07) is 12.9. The molecule has 6 nitrogen and oxygen atoms in total. The van der Waals surface area contributed by atoms with Gasteiger partial charge in [-0.3, -0.25) is 9.59 Å². The third-order valence-electron chi connectivity index (χ3n) is 6.30. The predicted molar refractivity (Wildman–Crippen MR) is 131 cm³/mol. The van der Waals surface area contributed by atoms with Gasteiger partial charge in [0.15, 0.2) is 11.5 Å². The first-order valence-corrected chi connectivity index (χ1v) is 13.0. The van der Waals surface area contributed by atoms with Gasteiger partial charge in [-0.15, -0.1) is 0 Å². The number of ether oxygens (including phenoxy) is 2. The second kappa shape index (κ2) is 11.0. The lowest BCUT2D eigenvalue weighted by Crippen LogP contribution is -2.48. The maximum Gasteiger partial charge on any atom is 0.252 e. The van der Waals surface area contributed by atoms with Crippen LogP contribution in [-0.2, 0) is 4.79 Å². The molecule has 1 fully saturated rings. The van der Waals surface area contributed by atoms with E-state index in [2.05, 4.69) is 5.32 Å². The minimum absolute atomic E-state index is 0.0133. The summed E-state index contributed by atoms with van der Waals surface area (Å²) in [6.07, 6.45) is 5.30. The van der Waals surface area contributed by atoms with Crippen LogP contribution < -0.4 is 14.8 Å². The quantitative estimate of drug-likeness (QED) is 0.654. The molecular weight excluding hydrogens is 436 g/mol. The Morgan fingerprint density at radius 2 is 1.91 bits per heavy atom. The molecule has 0 bridgehead atoms. The zero-order valence-corrected chi connectivity index (χ0v) is 20.2. The molecule has 2 aliphatic heterocycles. The van der Waals surface area contributed by atoms with Gasteiger partial charge in [0.25, 0.3) is 5.91 Å². The standard InChI is InChI=1S/C26H32N2O4S/c1-18-7-3-4-8-20(18)25(29)27-21(12-16-33-2)26(30)28-13-5-9-22(28)19-10-11-23-24(17-19)32-15-6-14-31-23/h3-4,7-8,10-11,17,21-22H,5-6,9,12-16H2,1-2H3,(H,27,29)/t21-,22-/m1/s1. The number of hydrogen-bond donors (Lipinski definition) is 1. The monoisotopic (exact) mass is 468 g/mol. The molecule has 0 saturated carbocycles. The van der Waals surface area contributed by atoms with Gasteiger partial charge >= 0.3 is 0 Å². The van der Waals surface area contributed by atoms with E-state index in [0.29, 0.717) is 31.7 Å². The summed E-state index contributed by atoms with van der Waals surface area (Å²) in [5.41, 5.74) is 2.57. The fourth-order valence-corrected chi connectivity index (χ4v) is 4.99. The maximum atomic E-state index is 13.7. The van der Waals surface area contributed by atoms with Crippen LogP contribution in [-0.4, -0.2) is 54.5 Å². The number of thioether (sulfide) groups is 1. The molecule has 2 atom stereocenters. The number of carbonyl (C=O) groups excluding carboxylic acids is 2. The van der Waals surface area contributed by atoms with Crippen molar-refractivity contribution in [2.24, 2.45) is 0 Å². The van der Waals surface area contributed by atoms with E-state index in [4.69, 9.17) is 9.47 Å². The fourth-order valence-electron chi connectivity index (χ4n) is 4.52. The molecule has 2 aromatic carbocycles. The van der Waals surface area contributed by atoms with Crippen LogP contribution in [0.15, 0.2) is 42.5 Å². The molecule has 1 saturated heterocycles. The number of amides is 2. The normalized spacial score (nSPS) is 18.5. The molecule has 2 amide bonds. The van der Waals surface area contributed by atoms with Crippen molar-refractivity contribution < 1.29 is 19.1 Å². The topological polar surface area (TPSA) is 67.9 Å². The van der Waals surface area contributed by atoms with Crippen molar-refractivity contribution in [3.63, 3.8) is 0 Å². The smallest absolute Gasteiger partial charge is 0.252 e. The first-order valence-electron chi connectivity index (χ1n) is 11.6. The highest BCUT2D eigenvalue weighted by Crippen LogP contribution is 2.38. The summed E-state index contributed by atoms with van der Waals surface area (Å²) >= 11 is 1.68. The Kier molecular flexibility index (Phi) is 7.81. The van der Waals surface area contributed by atoms with Crippen LogP contribution in [0.2, 0.25) is 0 Å². The van der Waals surface area contributed by atoms with E-state index in [1.54, 1.807) is 17.8 Å². The molecule has 0 spiro atoms. The van der Waals surface area contributed by atoms with Crippen molar-refractivity contribution in [3.05, 3.63) is 59.2 Å². The zero-order valence-electron chi connectivity index (χ0n) is 19.3. The molecule has 33 heavy (non-hydrogen) atoms. The number of rotatable bonds is 7. The minimum Gasteiger partial charge on any atom is -0.490 e.